The number of aliphatic hydroxyl groups excluding tert-OH is 1. The van der Waals surface area contributed by atoms with Gasteiger partial charge in [0.05, 0.1) is 10.6 Å². The first-order valence-electron chi connectivity index (χ1n) is 6.11. The number of piperidine rings is 1. The van der Waals surface area contributed by atoms with Crippen molar-refractivity contribution in [3.8, 4) is 0 Å². The molecule has 1 saturated heterocycles. The Labute approximate surface area is 110 Å². The van der Waals surface area contributed by atoms with Crippen molar-refractivity contribution in [2.75, 3.05) is 13.1 Å². The predicted octanol–water partition coefficient (Wildman–Crippen LogP) is 0.848. The zero-order chi connectivity index (χ0) is 13.8. The molecule has 2 rings (SSSR count). The Balaban J connectivity index is 2.10. The van der Waals surface area contributed by atoms with Crippen molar-refractivity contribution in [1.29, 1.82) is 5.41 Å². The Morgan fingerprint density at radius 1 is 1.47 bits per heavy atom. The summed E-state index contributed by atoms with van der Waals surface area (Å²) in [5.41, 5.74) is 0.0851. The molecule has 1 fully saturated rings. The molecule has 102 valence electrons. The average Bonchev–Trinajstić information content (AvgIpc) is 2.38. The van der Waals surface area contributed by atoms with Gasteiger partial charge in [0.2, 0.25) is 0 Å². The van der Waals surface area contributed by atoms with Crippen LogP contribution in [-0.2, 0) is 0 Å². The van der Waals surface area contributed by atoms with Crippen molar-refractivity contribution in [2.45, 2.75) is 18.9 Å². The van der Waals surface area contributed by atoms with E-state index < -0.39 is 10.7 Å². The third-order valence-corrected chi connectivity index (χ3v) is 3.16. The van der Waals surface area contributed by atoms with Crippen LogP contribution in [0.25, 0.3) is 0 Å². The van der Waals surface area contributed by atoms with E-state index in [9.17, 15) is 15.2 Å². The van der Waals surface area contributed by atoms with Crippen LogP contribution in [0.3, 0.4) is 0 Å². The number of allylic oxidation sites excluding steroid dienone is 3. The summed E-state index contributed by atoms with van der Waals surface area (Å²) >= 11 is 0. The molecule has 0 radical (unpaired) electrons. The fourth-order valence-electron chi connectivity index (χ4n) is 2.05. The second kappa shape index (κ2) is 5.66. The smallest absolute Gasteiger partial charge is 0.311 e. The highest BCUT2D eigenvalue weighted by molar-refractivity contribution is 6.09. The van der Waals surface area contributed by atoms with Crippen LogP contribution in [0.15, 0.2) is 35.4 Å². The van der Waals surface area contributed by atoms with Gasteiger partial charge in [-0.1, -0.05) is 0 Å². The van der Waals surface area contributed by atoms with Gasteiger partial charge in [-0.05, 0) is 25.9 Å². The molecule has 1 aliphatic heterocycles. The molecule has 0 bridgehead atoms. The molecule has 7 nitrogen and oxygen atoms in total. The Hall–Kier alpha value is -2.15. The Morgan fingerprint density at radius 2 is 2.16 bits per heavy atom. The summed E-state index contributed by atoms with van der Waals surface area (Å²) < 4.78 is 0. The minimum absolute atomic E-state index is 0.0598. The van der Waals surface area contributed by atoms with Gasteiger partial charge >= 0.3 is 5.70 Å². The van der Waals surface area contributed by atoms with E-state index in [1.165, 1.54) is 6.08 Å². The van der Waals surface area contributed by atoms with E-state index >= 15 is 0 Å². The van der Waals surface area contributed by atoms with E-state index in [0.29, 0.717) is 11.6 Å². The quantitative estimate of drug-likeness (QED) is 0.446. The van der Waals surface area contributed by atoms with Gasteiger partial charge in [-0.2, -0.15) is 0 Å². The van der Waals surface area contributed by atoms with E-state index in [-0.39, 0.29) is 11.4 Å². The zero-order valence-corrected chi connectivity index (χ0v) is 10.3. The molecule has 1 heterocycles. The normalized spacial score (nSPS) is 22.9. The summed E-state index contributed by atoms with van der Waals surface area (Å²) in [6, 6.07) is 0.313. The molecule has 0 unspecified atom stereocenters. The first kappa shape index (κ1) is 13.3. The summed E-state index contributed by atoms with van der Waals surface area (Å²) in [6.45, 7) is 1.88. The predicted molar refractivity (Wildman–Crippen MR) is 70.6 cm³/mol. The molecule has 0 aromatic heterocycles. The number of aliphatic hydroxyl groups is 1. The molecule has 0 spiro atoms. The van der Waals surface area contributed by atoms with Crippen molar-refractivity contribution >= 4 is 5.71 Å². The van der Waals surface area contributed by atoms with E-state index in [4.69, 9.17) is 5.41 Å². The average molecular weight is 264 g/mol. The molecule has 0 amide bonds. The molecule has 0 aromatic carbocycles. The summed E-state index contributed by atoms with van der Waals surface area (Å²) in [7, 11) is 0. The number of nitrogens with one attached hydrogen (secondary N) is 3. The van der Waals surface area contributed by atoms with Crippen molar-refractivity contribution in [1.82, 2.24) is 10.6 Å². The minimum atomic E-state index is -0.656. The van der Waals surface area contributed by atoms with Gasteiger partial charge in [-0.25, -0.2) is 0 Å². The number of nitro groups is 1. The first-order valence-corrected chi connectivity index (χ1v) is 6.11. The first-order chi connectivity index (χ1) is 9.08. The van der Waals surface area contributed by atoms with Crippen LogP contribution in [-0.4, -0.2) is 34.9 Å². The Bertz CT molecular complexity index is 487. The minimum Gasteiger partial charge on any atom is -0.502 e. The second-order valence-corrected chi connectivity index (χ2v) is 4.52. The maximum Gasteiger partial charge on any atom is 0.311 e. The molecule has 0 saturated carbocycles. The highest BCUT2D eigenvalue weighted by Gasteiger charge is 2.23. The van der Waals surface area contributed by atoms with Gasteiger partial charge in [0.25, 0.3) is 0 Å². The summed E-state index contributed by atoms with van der Waals surface area (Å²) in [6.07, 6.45) is 5.87. The molecule has 0 aromatic rings. The fraction of sp³-hybridized carbons (Fsp3) is 0.417. The third kappa shape index (κ3) is 3.19. The van der Waals surface area contributed by atoms with Crippen molar-refractivity contribution in [3.05, 3.63) is 45.5 Å². The number of hydrogen-bond donors (Lipinski definition) is 4. The van der Waals surface area contributed by atoms with Crippen LogP contribution < -0.4 is 10.6 Å². The monoisotopic (exact) mass is 264 g/mol. The highest BCUT2D eigenvalue weighted by atomic mass is 16.6. The molecule has 0 atom stereocenters. The van der Waals surface area contributed by atoms with Crippen molar-refractivity contribution in [3.63, 3.8) is 0 Å². The van der Waals surface area contributed by atoms with E-state index in [0.717, 1.165) is 32.0 Å². The van der Waals surface area contributed by atoms with Gasteiger partial charge in [0.1, 0.15) is 0 Å². The largest absolute Gasteiger partial charge is 0.502 e. The summed E-state index contributed by atoms with van der Waals surface area (Å²) in [5.74, 6) is -0.478. The van der Waals surface area contributed by atoms with Crippen LogP contribution in [0, 0.1) is 15.5 Å². The molecule has 2 aliphatic rings. The molecule has 19 heavy (non-hydrogen) atoms. The molecule has 7 heteroatoms. The summed E-state index contributed by atoms with van der Waals surface area (Å²) in [5, 5.41) is 34.2. The number of rotatable bonds is 3. The van der Waals surface area contributed by atoms with Gasteiger partial charge in [-0.15, -0.1) is 0 Å². The van der Waals surface area contributed by atoms with Crippen LogP contribution in [0.1, 0.15) is 12.8 Å². The fourth-order valence-corrected chi connectivity index (χ4v) is 2.05. The second-order valence-electron chi connectivity index (χ2n) is 4.52. The lowest BCUT2D eigenvalue weighted by molar-refractivity contribution is -0.423. The van der Waals surface area contributed by atoms with Crippen LogP contribution >= 0.6 is 0 Å². The van der Waals surface area contributed by atoms with Gasteiger partial charge in [0.15, 0.2) is 5.76 Å². The SMILES string of the molecule is N=C1C=C(O)C([N+](=O)[O-])=C/C1=C/NC1CCNCC1. The van der Waals surface area contributed by atoms with Crippen LogP contribution in [0.5, 0.6) is 0 Å². The lowest BCUT2D eigenvalue weighted by Gasteiger charge is -2.23. The summed E-state index contributed by atoms with van der Waals surface area (Å²) in [4.78, 5) is 10.1. The number of hydrogen-bond acceptors (Lipinski definition) is 6. The molecule has 4 N–H and O–H groups in total. The lowest BCUT2D eigenvalue weighted by Crippen LogP contribution is -2.38. The maximum atomic E-state index is 10.7. The van der Waals surface area contributed by atoms with E-state index in [2.05, 4.69) is 10.6 Å². The van der Waals surface area contributed by atoms with Crippen LogP contribution in [0.2, 0.25) is 0 Å². The Kier molecular flexibility index (Phi) is 3.96. The van der Waals surface area contributed by atoms with Gasteiger partial charge in [-0.3, -0.25) is 10.1 Å². The van der Waals surface area contributed by atoms with Crippen LogP contribution in [0.4, 0.5) is 0 Å². The van der Waals surface area contributed by atoms with Crippen molar-refractivity contribution < 1.29 is 10.0 Å². The molecular formula is C12H16N4O3. The molecular weight excluding hydrogens is 248 g/mol. The van der Waals surface area contributed by atoms with E-state index in [1.54, 1.807) is 6.20 Å². The number of nitrogens with zero attached hydrogens (tertiary/aromatic N) is 1. The third-order valence-electron chi connectivity index (χ3n) is 3.16. The zero-order valence-electron chi connectivity index (χ0n) is 10.3. The van der Waals surface area contributed by atoms with E-state index in [1.807, 2.05) is 0 Å². The van der Waals surface area contributed by atoms with Crippen molar-refractivity contribution in [2.24, 2.45) is 0 Å². The lowest BCUT2D eigenvalue weighted by atomic mass is 10.0. The maximum absolute atomic E-state index is 10.7. The Morgan fingerprint density at radius 3 is 2.79 bits per heavy atom. The standard InChI is InChI=1S/C12H16N4O3/c13-10-6-12(17)11(16(18)19)5-8(10)7-15-9-1-3-14-4-2-9/h5-7,9,13-15,17H,1-4H2/b8-7-,13-10?. The van der Waals surface area contributed by atoms with Gasteiger partial charge in [0, 0.05) is 30.0 Å². The van der Waals surface area contributed by atoms with Gasteiger partial charge < -0.3 is 21.1 Å². The molecule has 1 aliphatic carbocycles. The topological polar surface area (TPSA) is 111 Å². The highest BCUT2D eigenvalue weighted by Crippen LogP contribution is 2.18.